The molecule has 0 aliphatic carbocycles. The van der Waals surface area contributed by atoms with Gasteiger partial charge in [-0.3, -0.25) is 4.68 Å². The van der Waals surface area contributed by atoms with Crippen LogP contribution < -0.4 is 14.4 Å². The van der Waals surface area contributed by atoms with E-state index in [1.54, 1.807) is 13.1 Å². The Bertz CT molecular complexity index is 1680. The summed E-state index contributed by atoms with van der Waals surface area (Å²) in [5.41, 5.74) is 4.19. The van der Waals surface area contributed by atoms with E-state index < -0.39 is 10.0 Å². The van der Waals surface area contributed by atoms with Gasteiger partial charge in [0.25, 0.3) is 10.0 Å². The molecule has 222 valence electrons. The number of benzene rings is 2. The van der Waals surface area contributed by atoms with Gasteiger partial charge in [0.1, 0.15) is 15.7 Å². The zero-order chi connectivity index (χ0) is 30.0. The minimum Gasteiger partial charge on any atom is -0.437 e. The number of aryl methyl sites for hydroxylation is 1. The van der Waals surface area contributed by atoms with Crippen LogP contribution >= 0.6 is 11.6 Å². The molecule has 1 aliphatic heterocycles. The van der Waals surface area contributed by atoms with Crippen LogP contribution in [0.1, 0.15) is 37.8 Å². The number of piperazine rings is 1. The van der Waals surface area contributed by atoms with Crippen molar-refractivity contribution >= 4 is 33.3 Å². The molecular weight excluding hydrogens is 574 g/mol. The van der Waals surface area contributed by atoms with E-state index in [1.807, 2.05) is 37.3 Å². The number of likely N-dealkylation sites (N-methyl/N-ethyl adjacent to an activating group) is 1. The van der Waals surface area contributed by atoms with Crippen LogP contribution in [0.4, 0.5) is 11.6 Å². The maximum absolute atomic E-state index is 13.2. The van der Waals surface area contributed by atoms with Crippen molar-refractivity contribution in [2.45, 2.75) is 38.0 Å². The van der Waals surface area contributed by atoms with E-state index in [4.69, 9.17) is 21.3 Å². The molecule has 0 radical (unpaired) electrons. The summed E-state index contributed by atoms with van der Waals surface area (Å²) < 4.78 is 36.9. The molecule has 3 heterocycles. The maximum Gasteiger partial charge on any atom is 0.267 e. The molecule has 0 bridgehead atoms. The van der Waals surface area contributed by atoms with Crippen LogP contribution in [0, 0.1) is 0 Å². The smallest absolute Gasteiger partial charge is 0.267 e. The lowest BCUT2D eigenvalue weighted by molar-refractivity contribution is 0.313. The summed E-state index contributed by atoms with van der Waals surface area (Å²) >= 11 is 6.93. The second-order valence-corrected chi connectivity index (χ2v) is 12.8. The molecule has 12 heteroatoms. The minimum atomic E-state index is -4.01. The van der Waals surface area contributed by atoms with Gasteiger partial charge in [-0.25, -0.2) is 18.1 Å². The van der Waals surface area contributed by atoms with Gasteiger partial charge in [-0.15, -0.1) is 0 Å². The molecule has 0 saturated carbocycles. The van der Waals surface area contributed by atoms with Gasteiger partial charge in [-0.1, -0.05) is 62.7 Å². The number of aromatic nitrogens is 4. The Balaban J connectivity index is 1.62. The lowest BCUT2D eigenvalue weighted by Gasteiger charge is -2.34. The molecule has 10 nitrogen and oxygen atoms in total. The van der Waals surface area contributed by atoms with Gasteiger partial charge in [-0.05, 0) is 37.1 Å². The van der Waals surface area contributed by atoms with Gasteiger partial charge < -0.3 is 14.5 Å². The van der Waals surface area contributed by atoms with Crippen LogP contribution in [-0.4, -0.2) is 66.3 Å². The molecule has 0 amide bonds. The highest BCUT2D eigenvalue weighted by atomic mass is 35.5. The Kier molecular flexibility index (Phi) is 8.72. The molecule has 1 saturated heterocycles. The third-order valence-electron chi connectivity index (χ3n) is 7.37. The van der Waals surface area contributed by atoms with Gasteiger partial charge in [0, 0.05) is 50.6 Å². The minimum absolute atomic E-state index is 0.00249. The summed E-state index contributed by atoms with van der Waals surface area (Å²) in [5, 5.41) is 4.47. The molecule has 4 aromatic rings. The van der Waals surface area contributed by atoms with E-state index in [0.717, 1.165) is 48.6 Å². The number of rotatable bonds is 9. The summed E-state index contributed by atoms with van der Waals surface area (Å²) in [6.07, 6.45) is 3.24. The van der Waals surface area contributed by atoms with Crippen molar-refractivity contribution in [2.24, 2.45) is 7.05 Å². The number of sulfonamides is 1. The van der Waals surface area contributed by atoms with Crippen LogP contribution in [0.25, 0.3) is 11.3 Å². The molecule has 0 atom stereocenters. The number of ether oxygens (including phenoxy) is 1. The zero-order valence-corrected chi connectivity index (χ0v) is 26.1. The SMILES string of the molecule is CCc1c(Oc2cccc(N3CCN(C)CC3)c2Cl)nc(NS(=O)(=O)c2cnn(C)c2)nc1-c1ccccc1C(C)C. The van der Waals surface area contributed by atoms with E-state index in [1.165, 1.54) is 17.1 Å². The Hall–Kier alpha value is -3.67. The third-order valence-corrected chi connectivity index (χ3v) is 9.03. The van der Waals surface area contributed by atoms with Crippen molar-refractivity contribution in [3.63, 3.8) is 0 Å². The first-order chi connectivity index (χ1) is 20.1. The molecule has 42 heavy (non-hydrogen) atoms. The van der Waals surface area contributed by atoms with E-state index in [0.29, 0.717) is 22.9 Å². The molecule has 2 aromatic heterocycles. The lowest BCUT2D eigenvalue weighted by Crippen LogP contribution is -2.44. The first-order valence-electron chi connectivity index (χ1n) is 14.0. The van der Waals surface area contributed by atoms with Gasteiger partial charge in [-0.2, -0.15) is 10.1 Å². The average Bonchev–Trinajstić information content (AvgIpc) is 3.41. The van der Waals surface area contributed by atoms with Crippen LogP contribution in [0.15, 0.2) is 59.8 Å². The highest BCUT2D eigenvalue weighted by Gasteiger charge is 2.25. The molecule has 2 aromatic carbocycles. The predicted molar refractivity (Wildman–Crippen MR) is 166 cm³/mol. The zero-order valence-electron chi connectivity index (χ0n) is 24.5. The van der Waals surface area contributed by atoms with Crippen molar-refractivity contribution in [3.05, 3.63) is 71.0 Å². The van der Waals surface area contributed by atoms with Gasteiger partial charge in [0.05, 0.1) is 17.6 Å². The number of nitrogens with zero attached hydrogens (tertiary/aromatic N) is 6. The molecular formula is C30H36ClN7O3S. The van der Waals surface area contributed by atoms with E-state index in [-0.39, 0.29) is 22.6 Å². The van der Waals surface area contributed by atoms with Crippen molar-refractivity contribution in [2.75, 3.05) is 42.8 Å². The topological polar surface area (TPSA) is 105 Å². The standard InChI is InChI=1S/C30H36ClN7O3S/c1-6-22-28(24-11-8-7-10-23(24)20(2)3)33-30(35-42(39,40)21-18-32-37(5)19-21)34-29(22)41-26-13-9-12-25(27(26)31)38-16-14-36(4)15-17-38/h7-13,18-20H,6,14-17H2,1-5H3,(H,33,34,35). The van der Waals surface area contributed by atoms with Crippen LogP contribution in [0.5, 0.6) is 11.6 Å². The summed E-state index contributed by atoms with van der Waals surface area (Å²) in [4.78, 5) is 13.9. The fourth-order valence-electron chi connectivity index (χ4n) is 5.04. The summed E-state index contributed by atoms with van der Waals surface area (Å²) in [5.74, 6) is 0.773. The Morgan fingerprint density at radius 2 is 1.76 bits per heavy atom. The number of halogens is 1. The number of hydrogen-bond donors (Lipinski definition) is 1. The van der Waals surface area contributed by atoms with Gasteiger partial charge in [0.2, 0.25) is 11.8 Å². The maximum atomic E-state index is 13.2. The predicted octanol–water partition coefficient (Wildman–Crippen LogP) is 5.56. The number of nitrogens with one attached hydrogen (secondary N) is 1. The normalized spacial score (nSPS) is 14.4. The Morgan fingerprint density at radius 3 is 2.43 bits per heavy atom. The van der Waals surface area contributed by atoms with E-state index in [9.17, 15) is 8.42 Å². The average molecular weight is 610 g/mol. The first kappa shape index (κ1) is 29.8. The van der Waals surface area contributed by atoms with Crippen molar-refractivity contribution in [1.29, 1.82) is 0 Å². The number of hydrogen-bond acceptors (Lipinski definition) is 8. The van der Waals surface area contributed by atoms with Crippen molar-refractivity contribution < 1.29 is 13.2 Å². The second kappa shape index (κ2) is 12.3. The summed E-state index contributed by atoms with van der Waals surface area (Å²) in [6, 6.07) is 13.7. The fraction of sp³-hybridized carbons (Fsp3) is 0.367. The molecule has 1 N–H and O–H groups in total. The van der Waals surface area contributed by atoms with Crippen molar-refractivity contribution in [1.82, 2.24) is 24.6 Å². The molecule has 1 aliphatic rings. The highest BCUT2D eigenvalue weighted by molar-refractivity contribution is 7.92. The Labute approximate surface area is 252 Å². The van der Waals surface area contributed by atoms with Crippen LogP contribution in [0.3, 0.4) is 0 Å². The number of anilines is 2. The fourth-order valence-corrected chi connectivity index (χ4v) is 6.25. The monoisotopic (exact) mass is 609 g/mol. The van der Waals surface area contributed by atoms with E-state index in [2.05, 4.69) is 51.6 Å². The molecule has 0 spiro atoms. The van der Waals surface area contributed by atoms with Crippen molar-refractivity contribution in [3.8, 4) is 22.9 Å². The van der Waals surface area contributed by atoms with Crippen LogP contribution in [0.2, 0.25) is 5.02 Å². The first-order valence-corrected chi connectivity index (χ1v) is 15.8. The molecule has 5 rings (SSSR count). The van der Waals surface area contributed by atoms with Crippen LogP contribution in [-0.2, 0) is 23.5 Å². The summed E-state index contributed by atoms with van der Waals surface area (Å²) in [6.45, 7) is 9.79. The second-order valence-electron chi connectivity index (χ2n) is 10.7. The largest absolute Gasteiger partial charge is 0.437 e. The molecule has 0 unspecified atom stereocenters. The molecule has 1 fully saturated rings. The Morgan fingerprint density at radius 1 is 1.02 bits per heavy atom. The quantitative estimate of drug-likeness (QED) is 0.263. The lowest BCUT2D eigenvalue weighted by atomic mass is 9.93. The third kappa shape index (κ3) is 6.23. The van der Waals surface area contributed by atoms with Gasteiger partial charge >= 0.3 is 0 Å². The van der Waals surface area contributed by atoms with E-state index >= 15 is 0 Å². The van der Waals surface area contributed by atoms with Gasteiger partial charge in [0.15, 0.2) is 0 Å². The summed E-state index contributed by atoms with van der Waals surface area (Å²) in [7, 11) is -0.254. The highest BCUT2D eigenvalue weighted by Crippen LogP contribution is 2.40.